The Hall–Kier alpha value is -2.31. The predicted molar refractivity (Wildman–Crippen MR) is 81.7 cm³/mol. The molecule has 0 unspecified atom stereocenters. The van der Waals surface area contributed by atoms with Gasteiger partial charge in [-0.1, -0.05) is 11.6 Å². The average Bonchev–Trinajstić information content (AvgIpc) is 2.99. The van der Waals surface area contributed by atoms with Crippen LogP contribution in [0.15, 0.2) is 47.1 Å². The summed E-state index contributed by atoms with van der Waals surface area (Å²) in [5.74, 6) is -0.899. The van der Waals surface area contributed by atoms with Crippen LogP contribution < -0.4 is 10.6 Å². The molecule has 0 aliphatic carbocycles. The van der Waals surface area contributed by atoms with E-state index >= 15 is 0 Å². The third-order valence-corrected chi connectivity index (χ3v) is 3.17. The van der Waals surface area contributed by atoms with Crippen molar-refractivity contribution in [3.05, 3.63) is 53.4 Å². The zero-order valence-corrected chi connectivity index (χ0v) is 12.3. The van der Waals surface area contributed by atoms with Crippen molar-refractivity contribution in [3.8, 4) is 0 Å². The number of carbonyl (C=O) groups excluding carboxylic acids is 1. The maximum atomic E-state index is 11.9. The highest BCUT2D eigenvalue weighted by atomic mass is 35.5. The molecule has 2 aromatic rings. The summed E-state index contributed by atoms with van der Waals surface area (Å²) < 4.78 is 5.11. The first-order valence-electron chi connectivity index (χ1n) is 6.58. The number of halogens is 1. The van der Waals surface area contributed by atoms with Gasteiger partial charge in [-0.05, 0) is 36.4 Å². The van der Waals surface area contributed by atoms with Crippen LogP contribution in [0.2, 0.25) is 5.02 Å². The zero-order valence-electron chi connectivity index (χ0n) is 11.6. The molecule has 0 aliphatic heterocycles. The number of carboxylic acids is 1. The third kappa shape index (κ3) is 4.91. The minimum Gasteiger partial charge on any atom is -0.480 e. The van der Waals surface area contributed by atoms with Crippen molar-refractivity contribution in [2.24, 2.45) is 0 Å². The minimum absolute atomic E-state index is 0.196. The van der Waals surface area contributed by atoms with E-state index in [1.165, 1.54) is 6.26 Å². The van der Waals surface area contributed by atoms with Crippen LogP contribution in [0.25, 0.3) is 0 Å². The van der Waals surface area contributed by atoms with Gasteiger partial charge >= 0.3 is 5.97 Å². The summed E-state index contributed by atoms with van der Waals surface area (Å²) in [6, 6.07) is 9.00. The number of furan rings is 1. The summed E-state index contributed by atoms with van der Waals surface area (Å²) in [4.78, 5) is 23.1. The smallest absolute Gasteiger partial charge is 0.321 e. The highest BCUT2D eigenvalue weighted by Crippen LogP contribution is 2.13. The van der Waals surface area contributed by atoms with Crippen LogP contribution in [0.5, 0.6) is 0 Å². The molecule has 1 atom stereocenters. The highest BCUT2D eigenvalue weighted by Gasteiger charge is 2.21. The standard InChI is InChI=1S/C15H15ClN2O4/c16-10-3-5-11(6-4-10)18-14(19)8-13(15(20)21)17-9-12-2-1-7-22-12/h1-7,13,17H,8-9H2,(H,18,19)(H,20,21)/t13-/m0/s1. The molecular formula is C15H15ClN2O4. The first kappa shape index (κ1) is 16.1. The van der Waals surface area contributed by atoms with Gasteiger partial charge in [0.25, 0.3) is 0 Å². The molecule has 0 fully saturated rings. The van der Waals surface area contributed by atoms with E-state index < -0.39 is 17.9 Å². The number of hydrogen-bond donors (Lipinski definition) is 3. The number of hydrogen-bond acceptors (Lipinski definition) is 4. The molecule has 0 bridgehead atoms. The largest absolute Gasteiger partial charge is 0.480 e. The summed E-state index contributed by atoms with van der Waals surface area (Å²) in [6.45, 7) is 0.234. The highest BCUT2D eigenvalue weighted by molar-refractivity contribution is 6.30. The van der Waals surface area contributed by atoms with Crippen molar-refractivity contribution in [3.63, 3.8) is 0 Å². The molecule has 0 aliphatic rings. The van der Waals surface area contributed by atoms with Crippen LogP contribution >= 0.6 is 11.6 Å². The van der Waals surface area contributed by atoms with Gasteiger partial charge in [-0.3, -0.25) is 14.9 Å². The molecular weight excluding hydrogens is 308 g/mol. The van der Waals surface area contributed by atoms with Gasteiger partial charge in [0, 0.05) is 10.7 Å². The number of nitrogens with one attached hydrogen (secondary N) is 2. The fraction of sp³-hybridized carbons (Fsp3) is 0.200. The molecule has 7 heteroatoms. The van der Waals surface area contributed by atoms with Crippen LogP contribution in [0, 0.1) is 0 Å². The first-order chi connectivity index (χ1) is 10.5. The van der Waals surface area contributed by atoms with Crippen molar-refractivity contribution < 1.29 is 19.1 Å². The third-order valence-electron chi connectivity index (χ3n) is 2.92. The lowest BCUT2D eigenvalue weighted by Gasteiger charge is -2.13. The van der Waals surface area contributed by atoms with Crippen molar-refractivity contribution in [1.82, 2.24) is 5.32 Å². The van der Waals surface area contributed by atoms with E-state index in [0.29, 0.717) is 16.5 Å². The van der Waals surface area contributed by atoms with Crippen LogP contribution in [0.1, 0.15) is 12.2 Å². The quantitative estimate of drug-likeness (QED) is 0.728. The van der Waals surface area contributed by atoms with Gasteiger partial charge in [-0.15, -0.1) is 0 Å². The Kier molecular flexibility index (Phi) is 5.57. The summed E-state index contributed by atoms with van der Waals surface area (Å²) in [5.41, 5.74) is 0.560. The van der Waals surface area contributed by atoms with Crippen molar-refractivity contribution in [2.45, 2.75) is 19.0 Å². The number of carboxylic acid groups (broad SMARTS) is 1. The maximum Gasteiger partial charge on any atom is 0.321 e. The summed E-state index contributed by atoms with van der Waals surface area (Å²) >= 11 is 5.75. The van der Waals surface area contributed by atoms with E-state index in [-0.39, 0.29) is 13.0 Å². The number of carbonyl (C=O) groups is 2. The Bertz CT molecular complexity index is 626. The van der Waals surface area contributed by atoms with Crippen LogP contribution in [-0.4, -0.2) is 23.0 Å². The van der Waals surface area contributed by atoms with Gasteiger partial charge in [0.15, 0.2) is 0 Å². The van der Waals surface area contributed by atoms with Gasteiger partial charge in [-0.25, -0.2) is 0 Å². The zero-order chi connectivity index (χ0) is 15.9. The van der Waals surface area contributed by atoms with Gasteiger partial charge in [0.05, 0.1) is 19.2 Å². The van der Waals surface area contributed by atoms with Gasteiger partial charge in [-0.2, -0.15) is 0 Å². The Balaban J connectivity index is 1.88. The van der Waals surface area contributed by atoms with Crippen LogP contribution in [-0.2, 0) is 16.1 Å². The maximum absolute atomic E-state index is 11.9. The monoisotopic (exact) mass is 322 g/mol. The van der Waals surface area contributed by atoms with E-state index in [4.69, 9.17) is 21.1 Å². The van der Waals surface area contributed by atoms with Crippen LogP contribution in [0.3, 0.4) is 0 Å². The van der Waals surface area contributed by atoms with E-state index in [1.807, 2.05) is 0 Å². The molecule has 22 heavy (non-hydrogen) atoms. The molecule has 0 saturated carbocycles. The minimum atomic E-state index is -1.10. The van der Waals surface area contributed by atoms with Gasteiger partial charge in [0.1, 0.15) is 11.8 Å². The van der Waals surface area contributed by atoms with E-state index in [2.05, 4.69) is 10.6 Å². The molecule has 2 rings (SSSR count). The molecule has 116 valence electrons. The number of anilines is 1. The lowest BCUT2D eigenvalue weighted by Crippen LogP contribution is -2.39. The number of aliphatic carboxylic acids is 1. The molecule has 3 N–H and O–H groups in total. The lowest BCUT2D eigenvalue weighted by atomic mass is 10.2. The molecule has 0 saturated heterocycles. The van der Waals surface area contributed by atoms with E-state index in [1.54, 1.807) is 36.4 Å². The molecule has 6 nitrogen and oxygen atoms in total. The second-order valence-electron chi connectivity index (χ2n) is 4.61. The normalized spacial score (nSPS) is 11.9. The van der Waals surface area contributed by atoms with Crippen molar-refractivity contribution in [1.29, 1.82) is 0 Å². The Morgan fingerprint density at radius 2 is 1.95 bits per heavy atom. The molecule has 1 aromatic carbocycles. The van der Waals surface area contributed by atoms with Gasteiger partial charge in [0.2, 0.25) is 5.91 Å². The second kappa shape index (κ2) is 7.63. The predicted octanol–water partition coefficient (Wildman–Crippen LogP) is 2.50. The Morgan fingerprint density at radius 1 is 1.23 bits per heavy atom. The fourth-order valence-electron chi connectivity index (χ4n) is 1.81. The molecule has 1 amide bonds. The molecule has 0 spiro atoms. The van der Waals surface area contributed by atoms with Gasteiger partial charge < -0.3 is 14.8 Å². The fourth-order valence-corrected chi connectivity index (χ4v) is 1.94. The van der Waals surface area contributed by atoms with E-state index in [9.17, 15) is 9.59 Å². The van der Waals surface area contributed by atoms with Crippen LogP contribution in [0.4, 0.5) is 5.69 Å². The topological polar surface area (TPSA) is 91.6 Å². The summed E-state index contributed by atoms with van der Waals surface area (Å²) in [7, 11) is 0. The molecule has 1 heterocycles. The van der Waals surface area contributed by atoms with Crippen molar-refractivity contribution in [2.75, 3.05) is 5.32 Å². The molecule has 0 radical (unpaired) electrons. The van der Waals surface area contributed by atoms with Crippen molar-refractivity contribution >= 4 is 29.2 Å². The SMILES string of the molecule is O=C(C[C@H](NCc1ccco1)C(=O)O)Nc1ccc(Cl)cc1. The summed E-state index contributed by atoms with van der Waals surface area (Å²) in [5, 5.41) is 15.1. The number of benzene rings is 1. The first-order valence-corrected chi connectivity index (χ1v) is 6.96. The second-order valence-corrected chi connectivity index (χ2v) is 5.05. The lowest BCUT2D eigenvalue weighted by molar-refractivity contribution is -0.141. The Labute approximate surface area is 132 Å². The summed E-state index contributed by atoms with van der Waals surface area (Å²) in [6.07, 6.45) is 1.30. The number of rotatable bonds is 7. The molecule has 1 aromatic heterocycles. The average molecular weight is 323 g/mol. The Morgan fingerprint density at radius 3 is 2.55 bits per heavy atom. The van der Waals surface area contributed by atoms with E-state index in [0.717, 1.165) is 0 Å². The number of amides is 1.